The Morgan fingerprint density at radius 2 is 2.04 bits per heavy atom. The average molecular weight is 386 g/mol. The number of anilines is 1. The van der Waals surface area contributed by atoms with Crippen LogP contribution in [0.25, 0.3) is 0 Å². The lowest BCUT2D eigenvalue weighted by Crippen LogP contribution is -2.64. The monoisotopic (exact) mass is 385 g/mol. The van der Waals surface area contributed by atoms with Crippen molar-refractivity contribution in [2.45, 2.75) is 26.1 Å². The molecule has 0 bridgehead atoms. The van der Waals surface area contributed by atoms with Crippen LogP contribution >= 0.6 is 11.6 Å². The van der Waals surface area contributed by atoms with Gasteiger partial charge in [0.2, 0.25) is 5.96 Å². The number of guanidine groups is 1. The fourth-order valence-corrected chi connectivity index (χ4v) is 3.94. The van der Waals surface area contributed by atoms with E-state index >= 15 is 0 Å². The molecule has 7 nitrogen and oxygen atoms in total. The van der Waals surface area contributed by atoms with E-state index in [4.69, 9.17) is 16.6 Å². The lowest BCUT2D eigenvalue weighted by Gasteiger charge is -2.39. The number of likely N-dealkylation sites (N-methyl/N-ethyl adjacent to an activating group) is 1. The molecule has 2 atom stereocenters. The highest BCUT2D eigenvalue weighted by atomic mass is 35.5. The summed E-state index contributed by atoms with van der Waals surface area (Å²) in [6.45, 7) is 7.77. The van der Waals surface area contributed by atoms with Crippen LogP contribution in [0.4, 0.5) is 10.5 Å². The predicted octanol–water partition coefficient (Wildman–Crippen LogP) is 2.78. The van der Waals surface area contributed by atoms with Crippen LogP contribution in [-0.2, 0) is 4.79 Å². The molecule has 1 aromatic carbocycles. The van der Waals surface area contributed by atoms with E-state index in [9.17, 15) is 9.59 Å². The third-order valence-corrected chi connectivity index (χ3v) is 5.35. The molecule has 3 aliphatic heterocycles. The largest absolute Gasteiger partial charge is 0.328 e. The van der Waals surface area contributed by atoms with E-state index in [1.165, 1.54) is 9.80 Å². The number of aliphatic imine (C=N–C) groups is 1. The molecule has 2 unspecified atom stereocenters. The highest BCUT2D eigenvalue weighted by Gasteiger charge is 2.54. The van der Waals surface area contributed by atoms with Gasteiger partial charge < -0.3 is 9.80 Å². The van der Waals surface area contributed by atoms with E-state index in [0.29, 0.717) is 11.0 Å². The number of carbonyl (C=O) groups is 2. The molecule has 1 fully saturated rings. The van der Waals surface area contributed by atoms with Crippen molar-refractivity contribution in [3.8, 4) is 0 Å². The number of fused-ring (bicyclic) bond motifs is 3. The quantitative estimate of drug-likeness (QED) is 0.751. The number of carbonyl (C=O) groups excluding carboxylic acids is 2. The van der Waals surface area contributed by atoms with Crippen molar-refractivity contribution in [3.05, 3.63) is 53.3 Å². The normalized spacial score (nSPS) is 24.1. The number of allylic oxidation sites excluding steroid dienone is 1. The maximum Gasteiger partial charge on any atom is 0.328 e. The number of aryl methyl sites for hydroxylation is 1. The number of amides is 3. The smallest absolute Gasteiger partial charge is 0.302 e. The van der Waals surface area contributed by atoms with Crippen molar-refractivity contribution in [3.63, 3.8) is 0 Å². The summed E-state index contributed by atoms with van der Waals surface area (Å²) in [5.41, 5.74) is 2.87. The molecular weight excluding hydrogens is 366 g/mol. The minimum Gasteiger partial charge on any atom is -0.302 e. The molecule has 0 aliphatic carbocycles. The number of nitrogens with zero attached hydrogens (tertiary/aromatic N) is 5. The Hall–Kier alpha value is -2.80. The zero-order chi connectivity index (χ0) is 19.5. The number of benzene rings is 1. The summed E-state index contributed by atoms with van der Waals surface area (Å²) in [6.07, 6.45) is 2.89. The summed E-state index contributed by atoms with van der Waals surface area (Å²) in [4.78, 5) is 36.8. The number of hydrogen-bond donors (Lipinski definition) is 0. The Kier molecular flexibility index (Phi) is 3.99. The summed E-state index contributed by atoms with van der Waals surface area (Å²) in [6, 6.07) is 4.72. The zero-order valence-electron chi connectivity index (χ0n) is 15.4. The van der Waals surface area contributed by atoms with Gasteiger partial charge in [-0.25, -0.2) is 9.79 Å². The molecule has 1 saturated heterocycles. The molecule has 27 heavy (non-hydrogen) atoms. The second-order valence-corrected chi connectivity index (χ2v) is 7.30. The molecule has 3 amide bonds. The van der Waals surface area contributed by atoms with Crippen molar-refractivity contribution in [1.82, 2.24) is 14.7 Å². The summed E-state index contributed by atoms with van der Waals surface area (Å²) in [5, 5.41) is 0.624. The maximum atomic E-state index is 13.0. The highest BCUT2D eigenvalue weighted by molar-refractivity contribution is 6.31. The van der Waals surface area contributed by atoms with Gasteiger partial charge in [0.25, 0.3) is 5.91 Å². The number of hydrogen-bond acceptors (Lipinski definition) is 5. The predicted molar refractivity (Wildman–Crippen MR) is 104 cm³/mol. The van der Waals surface area contributed by atoms with Gasteiger partial charge in [-0.15, -0.1) is 6.58 Å². The zero-order valence-corrected chi connectivity index (χ0v) is 16.1. The van der Waals surface area contributed by atoms with Gasteiger partial charge in [0.15, 0.2) is 12.2 Å². The minimum atomic E-state index is -0.581. The van der Waals surface area contributed by atoms with Gasteiger partial charge in [-0.05, 0) is 31.5 Å². The minimum absolute atomic E-state index is 0.175. The van der Waals surface area contributed by atoms with E-state index in [-0.39, 0.29) is 18.5 Å². The van der Waals surface area contributed by atoms with Gasteiger partial charge in [0.05, 0.1) is 5.69 Å². The molecule has 8 heteroatoms. The maximum absolute atomic E-state index is 13.0. The van der Waals surface area contributed by atoms with Crippen LogP contribution in [0.2, 0.25) is 5.02 Å². The summed E-state index contributed by atoms with van der Waals surface area (Å²) in [7, 11) is 1.67. The fourth-order valence-electron chi connectivity index (χ4n) is 3.77. The molecule has 3 aliphatic rings. The van der Waals surface area contributed by atoms with Crippen LogP contribution in [0.5, 0.6) is 0 Å². The second kappa shape index (κ2) is 6.13. The molecule has 0 N–H and O–H groups in total. The van der Waals surface area contributed by atoms with E-state index < -0.39 is 12.2 Å². The third-order valence-electron chi connectivity index (χ3n) is 5.11. The topological polar surface area (TPSA) is 59.5 Å². The Labute approximate surface area is 162 Å². The van der Waals surface area contributed by atoms with E-state index in [2.05, 4.69) is 6.58 Å². The van der Waals surface area contributed by atoms with E-state index in [0.717, 1.165) is 16.9 Å². The Morgan fingerprint density at radius 1 is 1.30 bits per heavy atom. The third kappa shape index (κ3) is 2.45. The molecule has 0 aromatic heterocycles. The number of halogens is 1. The first-order valence-corrected chi connectivity index (χ1v) is 9.03. The Bertz CT molecular complexity index is 925. The van der Waals surface area contributed by atoms with Crippen LogP contribution in [0, 0.1) is 6.92 Å². The first-order valence-electron chi connectivity index (χ1n) is 8.65. The Morgan fingerprint density at radius 3 is 2.74 bits per heavy atom. The second-order valence-electron chi connectivity index (χ2n) is 6.86. The first-order chi connectivity index (χ1) is 12.8. The summed E-state index contributed by atoms with van der Waals surface area (Å²) >= 11 is 6.20. The van der Waals surface area contributed by atoms with E-state index in [1.54, 1.807) is 13.1 Å². The lowest BCUT2D eigenvalue weighted by molar-refractivity contribution is -0.136. The SMILES string of the molecule is C=CCN1C(=O)C2C(N=C3N(c4cc(Cl)ccc4C)C(C)=CN32)N(C)C1=O. The van der Waals surface area contributed by atoms with Gasteiger partial charge in [-0.3, -0.25) is 14.6 Å². The molecule has 0 saturated carbocycles. The van der Waals surface area contributed by atoms with Crippen LogP contribution in [0.15, 0.2) is 47.7 Å². The van der Waals surface area contributed by atoms with Crippen LogP contribution in [-0.4, -0.2) is 58.4 Å². The summed E-state index contributed by atoms with van der Waals surface area (Å²) < 4.78 is 0. The van der Waals surface area contributed by atoms with Crippen molar-refractivity contribution >= 4 is 35.2 Å². The number of urea groups is 1. The van der Waals surface area contributed by atoms with Crippen LogP contribution in [0.1, 0.15) is 12.5 Å². The fraction of sp³-hybridized carbons (Fsp3) is 0.316. The van der Waals surface area contributed by atoms with Crippen molar-refractivity contribution in [2.24, 2.45) is 4.99 Å². The molecule has 3 heterocycles. The van der Waals surface area contributed by atoms with Gasteiger partial charge in [0, 0.05) is 30.5 Å². The molecule has 140 valence electrons. The standard InChI is InChI=1S/C19H20ClN5O2/c1-5-8-23-17(26)15-16(22(4)19(23)27)21-18-24(15)10-12(3)25(18)14-9-13(20)7-6-11(14)2/h5-7,9-10,15-16H,1,8H2,2-4H3. The molecular formula is C19H20ClN5O2. The highest BCUT2D eigenvalue weighted by Crippen LogP contribution is 2.38. The Balaban J connectivity index is 1.77. The van der Waals surface area contributed by atoms with Crippen LogP contribution in [0.3, 0.4) is 0 Å². The molecule has 4 rings (SSSR count). The average Bonchev–Trinajstić information content (AvgIpc) is 3.14. The number of imide groups is 1. The number of rotatable bonds is 3. The molecule has 1 aromatic rings. The van der Waals surface area contributed by atoms with Crippen molar-refractivity contribution in [2.75, 3.05) is 18.5 Å². The lowest BCUT2D eigenvalue weighted by atomic mass is 10.1. The van der Waals surface area contributed by atoms with Crippen molar-refractivity contribution < 1.29 is 9.59 Å². The van der Waals surface area contributed by atoms with Gasteiger partial charge in [-0.2, -0.15) is 0 Å². The summed E-state index contributed by atoms with van der Waals surface area (Å²) in [5.74, 6) is 0.358. The van der Waals surface area contributed by atoms with E-state index in [1.807, 2.05) is 48.0 Å². The van der Waals surface area contributed by atoms with Crippen LogP contribution < -0.4 is 4.90 Å². The molecule has 0 radical (unpaired) electrons. The van der Waals surface area contributed by atoms with Gasteiger partial charge >= 0.3 is 6.03 Å². The first kappa shape index (κ1) is 17.6. The molecule has 0 spiro atoms. The van der Waals surface area contributed by atoms with Gasteiger partial charge in [-0.1, -0.05) is 23.7 Å². The van der Waals surface area contributed by atoms with Crippen molar-refractivity contribution in [1.29, 1.82) is 0 Å². The van der Waals surface area contributed by atoms with Gasteiger partial charge in [0.1, 0.15) is 0 Å².